The van der Waals surface area contributed by atoms with Crippen LogP contribution in [0.4, 0.5) is 0 Å². The van der Waals surface area contributed by atoms with E-state index in [1.54, 1.807) is 18.2 Å². The van der Waals surface area contributed by atoms with Crippen molar-refractivity contribution in [2.75, 3.05) is 6.61 Å². The van der Waals surface area contributed by atoms with Crippen LogP contribution in [-0.4, -0.2) is 25.3 Å². The molecule has 1 aliphatic rings. The molecule has 0 radical (unpaired) electrons. The van der Waals surface area contributed by atoms with Crippen LogP contribution in [0.5, 0.6) is 11.5 Å². The van der Waals surface area contributed by atoms with Crippen molar-refractivity contribution in [3.8, 4) is 11.5 Å². The van der Waals surface area contributed by atoms with Crippen LogP contribution in [0.3, 0.4) is 0 Å². The number of benzene rings is 1. The third-order valence-corrected chi connectivity index (χ3v) is 3.33. The summed E-state index contributed by atoms with van der Waals surface area (Å²) in [6.45, 7) is -0.0719. The first-order valence-corrected chi connectivity index (χ1v) is 6.24. The van der Waals surface area contributed by atoms with Gasteiger partial charge in [0.05, 0.1) is 11.1 Å². The Hall–Kier alpha value is -2.02. The summed E-state index contributed by atoms with van der Waals surface area (Å²) in [4.78, 5) is 3.65. The molecule has 2 rings (SSSR count). The van der Waals surface area contributed by atoms with Gasteiger partial charge >= 0.3 is 0 Å². The number of phenolic OH excluding ortho intramolecular Hbond substituents is 1. The quantitative estimate of drug-likeness (QED) is 0.810. The van der Waals surface area contributed by atoms with Crippen LogP contribution in [0.15, 0.2) is 40.4 Å². The van der Waals surface area contributed by atoms with E-state index in [1.165, 1.54) is 6.07 Å². The number of sulfone groups is 1. The molecule has 0 saturated carbocycles. The Morgan fingerprint density at radius 3 is 2.65 bits per heavy atom. The molecular formula is C10H10N2O4S. The van der Waals surface area contributed by atoms with Crippen molar-refractivity contribution in [2.24, 2.45) is 10.7 Å². The second-order valence-corrected chi connectivity index (χ2v) is 5.10. The number of aromatic hydroxyl groups is 1. The van der Waals surface area contributed by atoms with E-state index in [0.29, 0.717) is 0 Å². The average molecular weight is 254 g/mol. The number of amidine groups is 1. The minimum atomic E-state index is -3.57. The standard InChI is InChI=1S/C10H10N2O4S/c11-10-12-7(6-17(10,14)15)5-16-9-4-2-1-3-8(9)13/h1-4,6,13H,5H2,(H2,11,12). The van der Waals surface area contributed by atoms with Gasteiger partial charge < -0.3 is 15.6 Å². The highest BCUT2D eigenvalue weighted by Gasteiger charge is 2.22. The van der Waals surface area contributed by atoms with Crippen LogP contribution in [0, 0.1) is 0 Å². The van der Waals surface area contributed by atoms with Crippen LogP contribution >= 0.6 is 0 Å². The number of aliphatic imine (C=N–C) groups is 1. The smallest absolute Gasteiger partial charge is 0.234 e. The molecule has 1 heterocycles. The first-order chi connectivity index (χ1) is 7.99. The van der Waals surface area contributed by atoms with E-state index in [2.05, 4.69) is 4.99 Å². The van der Waals surface area contributed by atoms with Crippen molar-refractivity contribution in [2.45, 2.75) is 0 Å². The number of rotatable bonds is 3. The molecule has 0 fully saturated rings. The fourth-order valence-electron chi connectivity index (χ4n) is 1.27. The SMILES string of the molecule is NC1=NC(COc2ccccc2O)=CS1(=O)=O. The van der Waals surface area contributed by atoms with Gasteiger partial charge in [0.25, 0.3) is 0 Å². The fraction of sp³-hybridized carbons (Fsp3) is 0.100. The summed E-state index contributed by atoms with van der Waals surface area (Å²) in [5.41, 5.74) is 5.41. The monoisotopic (exact) mass is 254 g/mol. The molecule has 0 aromatic heterocycles. The predicted octanol–water partition coefficient (Wildman–Crippen LogP) is 0.356. The third-order valence-electron chi connectivity index (χ3n) is 2.08. The Labute approximate surface area is 98.0 Å². The van der Waals surface area contributed by atoms with Crippen LogP contribution in [0.25, 0.3) is 0 Å². The van der Waals surface area contributed by atoms with Gasteiger partial charge in [-0.2, -0.15) is 0 Å². The summed E-state index contributed by atoms with van der Waals surface area (Å²) in [7, 11) is -3.57. The first kappa shape index (κ1) is 11.5. The minimum absolute atomic E-state index is 0.0223. The molecule has 0 atom stereocenters. The Balaban J connectivity index is 2.09. The highest BCUT2D eigenvalue weighted by atomic mass is 32.2. The molecule has 3 N–H and O–H groups in total. The Bertz CT molecular complexity index is 604. The molecule has 1 aliphatic heterocycles. The topological polar surface area (TPSA) is 102 Å². The molecule has 0 spiro atoms. The van der Waals surface area contributed by atoms with Gasteiger partial charge in [0.1, 0.15) is 6.61 Å². The molecule has 6 nitrogen and oxygen atoms in total. The van der Waals surface area contributed by atoms with E-state index < -0.39 is 15.0 Å². The number of hydrogen-bond donors (Lipinski definition) is 2. The number of hydrogen-bond acceptors (Lipinski definition) is 6. The molecule has 17 heavy (non-hydrogen) atoms. The maximum Gasteiger partial charge on any atom is 0.234 e. The van der Waals surface area contributed by atoms with Gasteiger partial charge in [-0.25, -0.2) is 13.4 Å². The average Bonchev–Trinajstić information content (AvgIpc) is 2.52. The van der Waals surface area contributed by atoms with Crippen LogP contribution in [0.2, 0.25) is 0 Å². The highest BCUT2D eigenvalue weighted by Crippen LogP contribution is 2.25. The summed E-state index contributed by atoms with van der Waals surface area (Å²) >= 11 is 0. The van der Waals surface area contributed by atoms with Crippen molar-refractivity contribution in [1.82, 2.24) is 0 Å². The molecule has 0 saturated heterocycles. The zero-order chi connectivity index (χ0) is 12.5. The summed E-state index contributed by atoms with van der Waals surface area (Å²) < 4.78 is 27.6. The molecule has 0 amide bonds. The van der Waals surface area contributed by atoms with Gasteiger partial charge in [-0.15, -0.1) is 0 Å². The molecule has 0 unspecified atom stereocenters. The number of nitrogens with two attached hydrogens (primary N) is 1. The maximum atomic E-state index is 11.2. The van der Waals surface area contributed by atoms with Gasteiger partial charge in [-0.1, -0.05) is 12.1 Å². The Morgan fingerprint density at radius 2 is 2.06 bits per heavy atom. The van der Waals surface area contributed by atoms with Gasteiger partial charge in [-0.05, 0) is 12.1 Å². The number of phenols is 1. The molecule has 90 valence electrons. The van der Waals surface area contributed by atoms with E-state index in [9.17, 15) is 13.5 Å². The normalized spacial score (nSPS) is 17.4. The van der Waals surface area contributed by atoms with Crippen LogP contribution in [-0.2, 0) is 9.84 Å². The fourth-order valence-corrected chi connectivity index (χ4v) is 2.11. The second-order valence-electron chi connectivity index (χ2n) is 3.36. The van der Waals surface area contributed by atoms with Crippen molar-refractivity contribution in [1.29, 1.82) is 0 Å². The molecule has 1 aromatic carbocycles. The van der Waals surface area contributed by atoms with E-state index in [-0.39, 0.29) is 23.8 Å². The van der Waals surface area contributed by atoms with Crippen LogP contribution < -0.4 is 10.5 Å². The highest BCUT2D eigenvalue weighted by molar-refractivity contribution is 8.09. The van der Waals surface area contributed by atoms with E-state index in [1.807, 2.05) is 0 Å². The molecular weight excluding hydrogens is 244 g/mol. The van der Waals surface area contributed by atoms with E-state index in [4.69, 9.17) is 10.5 Å². The summed E-state index contributed by atoms with van der Waals surface area (Å²) in [6, 6.07) is 6.36. The van der Waals surface area contributed by atoms with E-state index in [0.717, 1.165) is 5.41 Å². The largest absolute Gasteiger partial charge is 0.504 e. The molecule has 0 bridgehead atoms. The third kappa shape index (κ3) is 2.39. The Morgan fingerprint density at radius 1 is 1.35 bits per heavy atom. The summed E-state index contributed by atoms with van der Waals surface area (Å²) in [5, 5.41) is 9.93. The minimum Gasteiger partial charge on any atom is -0.504 e. The summed E-state index contributed by atoms with van der Waals surface area (Å²) in [5.74, 6) is 0.234. The lowest BCUT2D eigenvalue weighted by Gasteiger charge is -2.05. The first-order valence-electron chi connectivity index (χ1n) is 4.70. The molecule has 7 heteroatoms. The van der Waals surface area contributed by atoms with Crippen molar-refractivity contribution < 1.29 is 18.3 Å². The van der Waals surface area contributed by atoms with Crippen LogP contribution in [0.1, 0.15) is 0 Å². The number of ether oxygens (including phenoxy) is 1. The van der Waals surface area contributed by atoms with Crippen molar-refractivity contribution >= 4 is 15.0 Å². The van der Waals surface area contributed by atoms with Gasteiger partial charge in [0.15, 0.2) is 11.5 Å². The molecule has 0 aliphatic carbocycles. The van der Waals surface area contributed by atoms with E-state index >= 15 is 0 Å². The number of para-hydroxylation sites is 2. The lowest BCUT2D eigenvalue weighted by molar-refractivity contribution is 0.327. The van der Waals surface area contributed by atoms with Crippen molar-refractivity contribution in [3.05, 3.63) is 35.4 Å². The molecule has 1 aromatic rings. The summed E-state index contributed by atoms with van der Waals surface area (Å²) in [6.07, 6.45) is 0. The van der Waals surface area contributed by atoms with Gasteiger partial charge in [-0.3, -0.25) is 0 Å². The van der Waals surface area contributed by atoms with Gasteiger partial charge in [0.2, 0.25) is 15.0 Å². The zero-order valence-corrected chi connectivity index (χ0v) is 9.52. The Kier molecular flexibility index (Phi) is 2.76. The lowest BCUT2D eigenvalue weighted by atomic mass is 10.3. The van der Waals surface area contributed by atoms with Gasteiger partial charge in [0, 0.05) is 0 Å². The predicted molar refractivity (Wildman–Crippen MR) is 62.2 cm³/mol. The lowest BCUT2D eigenvalue weighted by Crippen LogP contribution is -2.18. The number of nitrogens with zero attached hydrogens (tertiary/aromatic N) is 1. The zero-order valence-electron chi connectivity index (χ0n) is 8.70. The maximum absolute atomic E-state index is 11.2. The van der Waals surface area contributed by atoms with Crippen molar-refractivity contribution in [3.63, 3.8) is 0 Å². The second kappa shape index (κ2) is 4.10.